The summed E-state index contributed by atoms with van der Waals surface area (Å²) in [6, 6.07) is 21.1. The summed E-state index contributed by atoms with van der Waals surface area (Å²) in [6.07, 6.45) is 7.88. The quantitative estimate of drug-likeness (QED) is 0.188. The summed E-state index contributed by atoms with van der Waals surface area (Å²) in [7, 11) is 0. The molecule has 258 valence electrons. The fraction of sp³-hybridized carbons (Fsp3) is 0.359. The molecule has 0 radical (unpaired) electrons. The Morgan fingerprint density at radius 3 is 2.50 bits per heavy atom. The first-order valence-electron chi connectivity index (χ1n) is 17.7. The Morgan fingerprint density at radius 2 is 1.70 bits per heavy atom. The van der Waals surface area contributed by atoms with Gasteiger partial charge in [0, 0.05) is 69.3 Å². The van der Waals surface area contributed by atoms with Crippen molar-refractivity contribution in [3.05, 3.63) is 114 Å². The van der Waals surface area contributed by atoms with Gasteiger partial charge in [-0.3, -0.25) is 4.90 Å². The van der Waals surface area contributed by atoms with Gasteiger partial charge in [-0.25, -0.2) is 28.4 Å². The molecule has 5 aromatic rings. The second kappa shape index (κ2) is 13.9. The van der Waals surface area contributed by atoms with E-state index >= 15 is 0 Å². The molecule has 1 atom stereocenters. The van der Waals surface area contributed by atoms with Crippen LogP contribution in [0.2, 0.25) is 0 Å². The Balaban J connectivity index is 0.986. The van der Waals surface area contributed by atoms with Gasteiger partial charge in [0.05, 0.1) is 23.6 Å². The van der Waals surface area contributed by atoms with Gasteiger partial charge in [0.2, 0.25) is 0 Å². The molecule has 2 N–H and O–H groups in total. The first-order valence-corrected chi connectivity index (χ1v) is 17.7. The minimum Gasteiger partial charge on any atom is -0.314 e. The number of aromatic nitrogens is 3. The van der Waals surface area contributed by atoms with Crippen molar-refractivity contribution < 1.29 is 13.6 Å². The summed E-state index contributed by atoms with van der Waals surface area (Å²) in [5.41, 5.74) is 6.32. The van der Waals surface area contributed by atoms with Crippen LogP contribution < -0.4 is 15.5 Å². The lowest BCUT2D eigenvalue weighted by atomic mass is 9.88. The molecule has 2 aromatic carbocycles. The number of imidazole rings is 1. The van der Waals surface area contributed by atoms with Gasteiger partial charge in [-0.05, 0) is 79.6 Å². The number of benzene rings is 2. The lowest BCUT2D eigenvalue weighted by molar-refractivity contribution is 0.123. The molecular weight excluding hydrogens is 634 g/mol. The molecule has 3 aliphatic rings. The first-order chi connectivity index (χ1) is 24.4. The topological polar surface area (TPSA) is 81.0 Å². The van der Waals surface area contributed by atoms with E-state index in [9.17, 15) is 13.6 Å². The number of nitrogens with one attached hydrogen (secondary N) is 2. The molecule has 5 heterocycles. The molecule has 1 aliphatic carbocycles. The van der Waals surface area contributed by atoms with Crippen LogP contribution in [0.4, 0.5) is 25.1 Å². The van der Waals surface area contributed by atoms with Crippen molar-refractivity contribution in [1.29, 1.82) is 0 Å². The monoisotopic (exact) mass is 676 g/mol. The lowest BCUT2D eigenvalue weighted by Crippen LogP contribution is -2.53. The Kier molecular flexibility index (Phi) is 9.03. The number of rotatable bonds is 8. The van der Waals surface area contributed by atoms with E-state index in [-0.39, 0.29) is 30.0 Å². The summed E-state index contributed by atoms with van der Waals surface area (Å²) in [5, 5.41) is 7.02. The van der Waals surface area contributed by atoms with Gasteiger partial charge in [-0.15, -0.1) is 0 Å². The third kappa shape index (κ3) is 6.60. The van der Waals surface area contributed by atoms with Crippen molar-refractivity contribution in [2.45, 2.75) is 63.8 Å². The summed E-state index contributed by atoms with van der Waals surface area (Å²) in [6.45, 7) is 7.64. The van der Waals surface area contributed by atoms with Gasteiger partial charge in [0.1, 0.15) is 23.1 Å². The van der Waals surface area contributed by atoms with E-state index in [1.54, 1.807) is 15.4 Å². The molecule has 2 aliphatic heterocycles. The van der Waals surface area contributed by atoms with Gasteiger partial charge < -0.3 is 19.9 Å². The zero-order valence-electron chi connectivity index (χ0n) is 28.2. The third-order valence-electron chi connectivity index (χ3n) is 10.5. The number of anilines is 2. The van der Waals surface area contributed by atoms with Crippen molar-refractivity contribution in [3.63, 3.8) is 0 Å². The minimum atomic E-state index is -0.415. The summed E-state index contributed by atoms with van der Waals surface area (Å²) in [5.74, 6) is -0.235. The summed E-state index contributed by atoms with van der Waals surface area (Å²) >= 11 is 0. The maximum Gasteiger partial charge on any atom is 0.331 e. The number of hydrogen-bond acceptors (Lipinski definition) is 6. The van der Waals surface area contributed by atoms with E-state index in [2.05, 4.69) is 55.8 Å². The van der Waals surface area contributed by atoms with E-state index in [4.69, 9.17) is 0 Å². The smallest absolute Gasteiger partial charge is 0.314 e. The van der Waals surface area contributed by atoms with Crippen LogP contribution in [0.5, 0.6) is 0 Å². The summed E-state index contributed by atoms with van der Waals surface area (Å²) in [4.78, 5) is 29.6. The molecule has 1 saturated heterocycles. The van der Waals surface area contributed by atoms with E-state index in [1.807, 2.05) is 36.2 Å². The molecule has 9 nitrogen and oxygen atoms in total. The fourth-order valence-corrected chi connectivity index (χ4v) is 7.83. The fourth-order valence-electron chi connectivity index (χ4n) is 7.83. The Labute approximate surface area is 290 Å². The second-order valence-corrected chi connectivity index (χ2v) is 13.8. The number of urea groups is 1. The Bertz CT molecular complexity index is 1980. The maximum absolute atomic E-state index is 14.7. The number of fused-ring (bicyclic) bond motifs is 2. The Hall–Kier alpha value is -4.71. The molecular formula is C39H42F2N8O. The maximum atomic E-state index is 14.7. The van der Waals surface area contributed by atoms with Crippen LogP contribution in [0.1, 0.15) is 55.5 Å². The third-order valence-corrected chi connectivity index (χ3v) is 10.5. The number of carbonyl (C=O) groups excluding carboxylic acids is 1. The molecule has 11 heteroatoms. The molecule has 2 amide bonds. The largest absolute Gasteiger partial charge is 0.331 e. The van der Waals surface area contributed by atoms with Crippen LogP contribution in [0.15, 0.2) is 85.3 Å². The van der Waals surface area contributed by atoms with Crippen molar-refractivity contribution in [2.75, 3.05) is 31.1 Å². The highest BCUT2D eigenvalue weighted by Crippen LogP contribution is 2.43. The number of nitrogens with zero attached hydrogens (tertiary/aromatic N) is 6. The molecule has 0 spiro atoms. The number of piperazine rings is 1. The number of halogens is 2. The normalized spacial score (nSPS) is 21.5. The molecule has 8 rings (SSSR count). The number of hydrogen-bond donors (Lipinski definition) is 2. The van der Waals surface area contributed by atoms with Crippen LogP contribution in [0.25, 0.3) is 16.8 Å². The predicted octanol–water partition coefficient (Wildman–Crippen LogP) is 6.82. The van der Waals surface area contributed by atoms with Crippen molar-refractivity contribution in [1.82, 2.24) is 34.8 Å². The highest BCUT2D eigenvalue weighted by Gasteiger charge is 2.42. The van der Waals surface area contributed by atoms with E-state index in [1.165, 1.54) is 30.1 Å². The molecule has 3 aromatic heterocycles. The zero-order chi connectivity index (χ0) is 34.2. The van der Waals surface area contributed by atoms with Crippen molar-refractivity contribution in [2.24, 2.45) is 0 Å². The second-order valence-electron chi connectivity index (χ2n) is 13.8. The Morgan fingerprint density at radius 1 is 0.900 bits per heavy atom. The molecule has 0 bridgehead atoms. The number of carbonyl (C=O) groups is 1. The van der Waals surface area contributed by atoms with E-state index in [0.29, 0.717) is 29.3 Å². The average molecular weight is 677 g/mol. The van der Waals surface area contributed by atoms with Gasteiger partial charge in [0.25, 0.3) is 0 Å². The van der Waals surface area contributed by atoms with E-state index < -0.39 is 5.82 Å². The van der Waals surface area contributed by atoms with Crippen molar-refractivity contribution >= 4 is 23.2 Å². The van der Waals surface area contributed by atoms with Crippen LogP contribution in [0, 0.1) is 11.6 Å². The highest BCUT2D eigenvalue weighted by molar-refractivity contribution is 6.02. The highest BCUT2D eigenvalue weighted by atomic mass is 19.1. The SMILES string of the molecule is CC1c2cc(F)cnc2N(c2cccc(-c3ccc(CN4CCNCC4)cc3)c2)C(=O)N1C1CCC(NCc2cn3cc(F)ccc3n2)CC1. The van der Waals surface area contributed by atoms with Gasteiger partial charge in [-0.1, -0.05) is 36.4 Å². The minimum absolute atomic E-state index is 0.000881. The predicted molar refractivity (Wildman–Crippen MR) is 190 cm³/mol. The van der Waals surface area contributed by atoms with Gasteiger partial charge >= 0.3 is 6.03 Å². The van der Waals surface area contributed by atoms with Crippen molar-refractivity contribution in [3.8, 4) is 11.1 Å². The van der Waals surface area contributed by atoms with Crippen LogP contribution >= 0.6 is 0 Å². The number of amides is 2. The first kappa shape index (κ1) is 32.5. The lowest BCUT2D eigenvalue weighted by Gasteiger charge is -2.46. The number of pyridine rings is 2. The van der Waals surface area contributed by atoms with Gasteiger partial charge in [0.15, 0.2) is 0 Å². The molecule has 1 unspecified atom stereocenters. The zero-order valence-corrected chi connectivity index (χ0v) is 28.2. The average Bonchev–Trinajstić information content (AvgIpc) is 3.54. The van der Waals surface area contributed by atoms with Gasteiger partial charge in [-0.2, -0.15) is 0 Å². The molecule has 2 fully saturated rings. The van der Waals surface area contributed by atoms with Crippen LogP contribution in [-0.2, 0) is 13.1 Å². The molecule has 50 heavy (non-hydrogen) atoms. The van der Waals surface area contributed by atoms with Crippen LogP contribution in [-0.4, -0.2) is 68.5 Å². The summed E-state index contributed by atoms with van der Waals surface area (Å²) < 4.78 is 30.0. The standard InChI is InChI=1S/C39H42F2N8O/c1-26-36-20-31(41)21-44-38(36)49(35-4-2-3-29(19-35)28-7-5-27(6-8-28)23-46-17-15-42-16-18-46)39(50)48(26)34-12-10-32(11-13-34)43-22-33-25-47-24-30(40)9-14-37(47)45-33/h2-9,14,19-21,24-26,32,34,42-43H,10-13,15-18,22-23H2,1H3. The van der Waals surface area contributed by atoms with Crippen LogP contribution in [0.3, 0.4) is 0 Å². The van der Waals surface area contributed by atoms with E-state index in [0.717, 1.165) is 75.2 Å². The molecule has 1 saturated carbocycles.